The number of anilines is 1. The van der Waals surface area contributed by atoms with Gasteiger partial charge in [0.05, 0.1) is 22.2 Å². The van der Waals surface area contributed by atoms with Gasteiger partial charge in [0.2, 0.25) is 0 Å². The fourth-order valence-electron chi connectivity index (χ4n) is 2.46. The average molecular weight is 340 g/mol. The highest BCUT2D eigenvalue weighted by Gasteiger charge is 2.16. The molecule has 0 fully saturated rings. The lowest BCUT2D eigenvalue weighted by Gasteiger charge is -2.11. The molecule has 0 amide bonds. The quantitative estimate of drug-likeness (QED) is 0.405. The summed E-state index contributed by atoms with van der Waals surface area (Å²) < 4.78 is 5.66. The van der Waals surface area contributed by atoms with Gasteiger partial charge in [-0.15, -0.1) is 0 Å². The maximum Gasteiger partial charge on any atom is 0.293 e. The van der Waals surface area contributed by atoms with Crippen molar-refractivity contribution in [2.75, 3.05) is 18.5 Å². The average Bonchev–Trinajstić information content (AvgIpc) is 2.59. The summed E-state index contributed by atoms with van der Waals surface area (Å²) in [6, 6.07) is 10.3. The van der Waals surface area contributed by atoms with Crippen LogP contribution in [0.25, 0.3) is 10.9 Å². The smallest absolute Gasteiger partial charge is 0.293 e. The molecule has 0 aliphatic carbocycles. The van der Waals surface area contributed by atoms with Gasteiger partial charge in [0.1, 0.15) is 18.0 Å². The Hall–Kier alpha value is -3.42. The second kappa shape index (κ2) is 7.00. The van der Waals surface area contributed by atoms with Gasteiger partial charge in [-0.3, -0.25) is 14.9 Å². The fourth-order valence-corrected chi connectivity index (χ4v) is 2.46. The first-order chi connectivity index (χ1) is 12.1. The van der Waals surface area contributed by atoms with E-state index in [1.165, 1.54) is 18.5 Å². The van der Waals surface area contributed by atoms with Crippen molar-refractivity contribution in [3.05, 3.63) is 68.8 Å². The van der Waals surface area contributed by atoms with Gasteiger partial charge in [0.25, 0.3) is 11.2 Å². The lowest BCUT2D eigenvalue weighted by Crippen LogP contribution is -2.14. The van der Waals surface area contributed by atoms with Crippen LogP contribution in [-0.2, 0) is 0 Å². The maximum absolute atomic E-state index is 11.8. The number of aromatic amines is 1. The second-order valence-corrected chi connectivity index (χ2v) is 5.42. The number of nitrogens with zero attached hydrogens (tertiary/aromatic N) is 2. The van der Waals surface area contributed by atoms with E-state index in [0.29, 0.717) is 24.4 Å². The third kappa shape index (κ3) is 3.57. The number of aromatic nitrogens is 2. The Kier molecular flexibility index (Phi) is 4.60. The minimum Gasteiger partial charge on any atom is -0.491 e. The molecular formula is C17H16N4O4. The number of aryl methyl sites for hydroxylation is 1. The predicted molar refractivity (Wildman–Crippen MR) is 94.2 cm³/mol. The number of rotatable bonds is 6. The molecule has 0 unspecified atom stereocenters. The third-order valence-corrected chi connectivity index (χ3v) is 3.72. The Morgan fingerprint density at radius 1 is 1.32 bits per heavy atom. The molecule has 3 aromatic rings. The van der Waals surface area contributed by atoms with Gasteiger partial charge in [-0.25, -0.2) is 4.98 Å². The van der Waals surface area contributed by atoms with Crippen LogP contribution in [0.5, 0.6) is 5.75 Å². The molecule has 2 N–H and O–H groups in total. The molecule has 25 heavy (non-hydrogen) atoms. The molecule has 1 heterocycles. The molecule has 3 rings (SSSR count). The molecule has 0 aliphatic heterocycles. The van der Waals surface area contributed by atoms with Crippen LogP contribution >= 0.6 is 0 Å². The SMILES string of the molecule is Cc1ccccc1OCCNc1cc2nc[nH]c(=O)c2cc1[N+](=O)[O-]. The van der Waals surface area contributed by atoms with E-state index in [1.54, 1.807) is 0 Å². The summed E-state index contributed by atoms with van der Waals surface area (Å²) in [7, 11) is 0. The number of fused-ring (bicyclic) bond motifs is 1. The summed E-state index contributed by atoms with van der Waals surface area (Å²) in [6.45, 7) is 2.65. The van der Waals surface area contributed by atoms with Crippen molar-refractivity contribution in [2.45, 2.75) is 6.92 Å². The van der Waals surface area contributed by atoms with E-state index in [4.69, 9.17) is 4.74 Å². The van der Waals surface area contributed by atoms with Crippen LogP contribution < -0.4 is 15.6 Å². The number of nitro groups is 1. The van der Waals surface area contributed by atoms with Gasteiger partial charge in [-0.05, 0) is 24.6 Å². The number of hydrogen-bond acceptors (Lipinski definition) is 6. The topological polar surface area (TPSA) is 110 Å². The van der Waals surface area contributed by atoms with E-state index in [2.05, 4.69) is 15.3 Å². The van der Waals surface area contributed by atoms with Crippen LogP contribution in [0.4, 0.5) is 11.4 Å². The molecule has 8 heteroatoms. The number of nitro benzene ring substituents is 1. The highest BCUT2D eigenvalue weighted by atomic mass is 16.6. The first kappa shape index (κ1) is 16.4. The molecule has 0 atom stereocenters. The summed E-state index contributed by atoms with van der Waals surface area (Å²) in [5.41, 5.74) is 1.10. The Bertz CT molecular complexity index is 984. The van der Waals surface area contributed by atoms with Crippen molar-refractivity contribution in [1.82, 2.24) is 9.97 Å². The van der Waals surface area contributed by atoms with Crippen LogP contribution in [-0.4, -0.2) is 28.0 Å². The first-order valence-corrected chi connectivity index (χ1v) is 7.64. The van der Waals surface area contributed by atoms with E-state index in [0.717, 1.165) is 11.3 Å². The molecule has 8 nitrogen and oxygen atoms in total. The number of nitrogens with one attached hydrogen (secondary N) is 2. The number of benzene rings is 2. The molecular weight excluding hydrogens is 324 g/mol. The molecule has 0 aliphatic rings. The van der Waals surface area contributed by atoms with E-state index >= 15 is 0 Å². The van der Waals surface area contributed by atoms with Crippen molar-refractivity contribution in [3.8, 4) is 5.75 Å². The largest absolute Gasteiger partial charge is 0.491 e. The van der Waals surface area contributed by atoms with Gasteiger partial charge in [-0.2, -0.15) is 0 Å². The van der Waals surface area contributed by atoms with E-state index in [1.807, 2.05) is 31.2 Å². The van der Waals surface area contributed by atoms with Crippen molar-refractivity contribution in [2.24, 2.45) is 0 Å². The minimum atomic E-state index is -0.531. The van der Waals surface area contributed by atoms with Crippen molar-refractivity contribution < 1.29 is 9.66 Å². The number of hydrogen-bond donors (Lipinski definition) is 2. The van der Waals surface area contributed by atoms with Crippen molar-refractivity contribution in [3.63, 3.8) is 0 Å². The van der Waals surface area contributed by atoms with E-state index < -0.39 is 10.5 Å². The maximum atomic E-state index is 11.8. The van der Waals surface area contributed by atoms with Gasteiger partial charge in [-0.1, -0.05) is 18.2 Å². The van der Waals surface area contributed by atoms with Crippen LogP contribution in [0.3, 0.4) is 0 Å². The zero-order valence-electron chi connectivity index (χ0n) is 13.5. The molecule has 2 aromatic carbocycles. The summed E-state index contributed by atoms with van der Waals surface area (Å²) >= 11 is 0. The lowest BCUT2D eigenvalue weighted by molar-refractivity contribution is -0.383. The van der Waals surface area contributed by atoms with Crippen molar-refractivity contribution >= 4 is 22.3 Å². The molecule has 0 saturated heterocycles. The lowest BCUT2D eigenvalue weighted by atomic mass is 10.2. The third-order valence-electron chi connectivity index (χ3n) is 3.72. The van der Waals surface area contributed by atoms with Crippen molar-refractivity contribution in [1.29, 1.82) is 0 Å². The summed E-state index contributed by atoms with van der Waals surface area (Å²) in [5, 5.41) is 14.4. The summed E-state index contributed by atoms with van der Waals surface area (Å²) in [6.07, 6.45) is 1.27. The van der Waals surface area contributed by atoms with E-state index in [-0.39, 0.29) is 11.1 Å². The predicted octanol–water partition coefficient (Wildman–Crippen LogP) is 2.63. The van der Waals surface area contributed by atoms with Gasteiger partial charge < -0.3 is 15.0 Å². The van der Waals surface area contributed by atoms with Crippen LogP contribution in [0.1, 0.15) is 5.56 Å². The molecule has 0 spiro atoms. The molecule has 0 radical (unpaired) electrons. The van der Waals surface area contributed by atoms with Gasteiger partial charge in [0.15, 0.2) is 0 Å². The molecule has 128 valence electrons. The first-order valence-electron chi connectivity index (χ1n) is 7.64. The van der Waals surface area contributed by atoms with Crippen LogP contribution in [0.15, 0.2) is 47.5 Å². The number of H-pyrrole nitrogens is 1. The highest BCUT2D eigenvalue weighted by molar-refractivity contribution is 5.86. The van der Waals surface area contributed by atoms with Gasteiger partial charge >= 0.3 is 0 Å². The van der Waals surface area contributed by atoms with Crippen LogP contribution in [0, 0.1) is 17.0 Å². The van der Waals surface area contributed by atoms with E-state index in [9.17, 15) is 14.9 Å². The van der Waals surface area contributed by atoms with Crippen LogP contribution in [0.2, 0.25) is 0 Å². The highest BCUT2D eigenvalue weighted by Crippen LogP contribution is 2.27. The number of ether oxygens (including phenoxy) is 1. The van der Waals surface area contributed by atoms with Gasteiger partial charge in [0, 0.05) is 12.6 Å². The fraction of sp³-hybridized carbons (Fsp3) is 0.176. The molecule has 0 bridgehead atoms. The Balaban J connectivity index is 1.76. The number of para-hydroxylation sites is 1. The Labute approximate surface area is 142 Å². The molecule has 0 saturated carbocycles. The normalized spacial score (nSPS) is 10.6. The minimum absolute atomic E-state index is 0.177. The Morgan fingerprint density at radius 3 is 2.88 bits per heavy atom. The standard InChI is InChI=1S/C17H16N4O4/c1-11-4-2-3-5-16(11)25-7-6-18-14-9-13-12(8-15(14)21(23)24)17(22)20-10-19-13/h2-5,8-10,18H,6-7H2,1H3,(H,19,20,22). The summed E-state index contributed by atoms with van der Waals surface area (Å²) in [4.78, 5) is 28.9. The Morgan fingerprint density at radius 2 is 2.12 bits per heavy atom. The molecule has 1 aromatic heterocycles. The zero-order chi connectivity index (χ0) is 17.8. The zero-order valence-corrected chi connectivity index (χ0v) is 13.5. The second-order valence-electron chi connectivity index (χ2n) is 5.42. The summed E-state index contributed by atoms with van der Waals surface area (Å²) in [5.74, 6) is 0.769. The monoisotopic (exact) mass is 340 g/mol.